The number of halogens is 38. The second-order valence-corrected chi connectivity index (χ2v) is 880. The van der Waals surface area contributed by atoms with Crippen LogP contribution in [0.4, 0.5) is 0 Å². The summed E-state index contributed by atoms with van der Waals surface area (Å²) in [5, 5.41) is 0. The van der Waals surface area contributed by atoms with Crippen LogP contribution >= 0.6 is 496 Å². The van der Waals surface area contributed by atoms with Crippen LogP contribution in [-0.4, -0.2) is 0.594 Å². The first-order chi connectivity index (χ1) is 17.8. The first kappa shape index (κ1) is 63.8. The van der Waals surface area contributed by atoms with E-state index in [1.54, 1.807) is 0 Å². The van der Waals surface area contributed by atoms with Gasteiger partial charge in [0.05, 0.1) is 0 Å². The van der Waals surface area contributed by atoms with Gasteiger partial charge in [0.2, 0.25) is 0 Å². The average molecular weight is 4820 g/mol. The summed E-state index contributed by atoms with van der Waals surface area (Å²) in [5.74, 6) is 0. The molecule has 0 radical (unpaired) electrons. The molecule has 0 aliphatic rings. The van der Waals surface area contributed by atoms with E-state index in [0.717, 1.165) is 0 Å². The molecule has 0 aromatic carbocycles. The van der Waals surface area contributed by atoms with Crippen LogP contribution in [0.2, 0.25) is 0 Å². The molecule has 0 nitrogen and oxygen atoms in total. The second kappa shape index (κ2) is 39.4. The van der Waals surface area contributed by atoms with Crippen LogP contribution in [0.1, 0.15) is 0 Å². The van der Waals surface area contributed by atoms with E-state index >= 15 is 0 Å². The third-order valence-electron chi connectivity index (χ3n) is 1.39. The van der Waals surface area contributed by atoms with Crippen molar-refractivity contribution in [1.82, 2.24) is 0 Å². The molecule has 0 fully saturated rings. The third-order valence-corrected chi connectivity index (χ3v) is 2810. The minimum absolute atomic E-state index is 0.0848. The van der Waals surface area contributed by atoms with Gasteiger partial charge in [-0.3, -0.25) is 0 Å². The normalized spacial score (nSPS) is 19.1. The fourth-order valence-electron chi connectivity index (χ4n) is 0.494. The van der Waals surface area contributed by atoms with Gasteiger partial charge in [0, 0.05) is 0 Å². The Bertz CT molecular complexity index is 641. The van der Waals surface area contributed by atoms with E-state index < -0.39 is 142 Å². The van der Waals surface area contributed by atoms with Crippen molar-refractivity contribution in [2.24, 2.45) is 0 Å². The van der Waals surface area contributed by atoms with Gasteiger partial charge in [-0.05, 0) is 0 Å². The molecule has 0 bridgehead atoms. The molecule has 0 rings (SSSR count). The Balaban J connectivity index is 5.38. The molecule has 38 heteroatoms. The average Bonchev–Trinajstić information content (AvgIpc) is 2.93. The maximum atomic E-state index is 8.16. The Kier molecular flexibility index (Phi) is 66.0. The zero-order valence-corrected chi connectivity index (χ0v) is 96.3. The maximum absolute atomic E-state index is 8.16. The number of hydrogen-bond acceptors (Lipinski definition) is 0. The molecular weight excluding hydrogens is 4820 g/mol. The van der Waals surface area contributed by atoms with Crippen LogP contribution in [0.5, 0.6) is 0 Å². The van der Waals surface area contributed by atoms with E-state index in [1.807, 2.05) is 0 Å². The van der Waals surface area contributed by atoms with Crippen molar-refractivity contribution in [2.45, 2.75) is 0 Å². The number of hydrogen-bond donors (Lipinski definition) is 0. The van der Waals surface area contributed by atoms with Crippen molar-refractivity contribution in [2.75, 3.05) is 0 Å². The fourth-order valence-corrected chi connectivity index (χ4v) is 6710. The summed E-state index contributed by atoms with van der Waals surface area (Å²) in [4.78, 5) is 0. The molecule has 0 heterocycles. The van der Waals surface area contributed by atoms with Gasteiger partial charge in [-0.2, -0.15) is 0 Å². The zero-order chi connectivity index (χ0) is 31.1. The van der Waals surface area contributed by atoms with Crippen molar-refractivity contribution >= 4 is 496 Å². The molecule has 268 valence electrons. The van der Waals surface area contributed by atoms with E-state index in [-0.39, 0.29) is 18.4 Å². The van der Waals surface area contributed by atoms with E-state index in [4.69, 9.17) is 0.594 Å². The molecule has 0 aromatic heterocycles. The Morgan fingerprint density at radius 2 is 0.421 bits per heavy atom. The summed E-state index contributed by atoms with van der Waals surface area (Å²) in [6, 6.07) is 0. The summed E-state index contributed by atoms with van der Waals surface area (Å²) in [5.41, 5.74) is 0. The Morgan fingerprint density at radius 1 is 0.263 bits per heavy atom. The van der Waals surface area contributed by atoms with Gasteiger partial charge in [0.25, 0.3) is 0 Å². The third kappa shape index (κ3) is 27.4. The summed E-state index contributed by atoms with van der Waals surface area (Å²) < 4.78 is 8.16. The monoisotopic (exact) mass is 4820 g/mol. The Labute approximate surface area is 485 Å². The van der Waals surface area contributed by atoms with Crippen molar-refractivity contribution in [3.05, 3.63) is 0 Å². The van der Waals surface area contributed by atoms with Gasteiger partial charge < -0.3 is 0 Å². The van der Waals surface area contributed by atoms with Crippen LogP contribution in [0, 0.1) is 0 Å². The minimum atomic E-state index is -0.702. The summed E-state index contributed by atoms with van der Waals surface area (Å²) in [6.45, 7) is 0. The predicted octanol–water partition coefficient (Wildman–Crippen LogP) is 29.5. The summed E-state index contributed by atoms with van der Waals surface area (Å²) in [7, 11) is -9.82. The molecule has 0 spiro atoms. The van der Waals surface area contributed by atoms with Gasteiger partial charge in [-0.15, -0.1) is 0 Å². The molecular formula is HI38-. The predicted molar refractivity (Wildman–Crippen MR) is 520 cm³/mol. The zero-order valence-electron chi connectivity index (χ0n) is 15.4. The molecule has 0 aliphatic heterocycles. The molecule has 0 unspecified atom stereocenters. The standard InChI is InChI=1S/HI38/c1-21(2)23(5)25(7)27(9)29(11)31(13)33(15)35(17)37(19)38(20)36(18)34(16)32(14)30(12)28(10)26(8)24(6)22(3)4/h1H/q-1/i1D. The van der Waals surface area contributed by atoms with Crippen LogP contribution in [0.3, 0.4) is 0 Å². The topological polar surface area (TPSA) is 0 Å². The van der Waals surface area contributed by atoms with Gasteiger partial charge in [0.1, 0.15) is 0 Å². The Morgan fingerprint density at radius 3 is 0.579 bits per heavy atom. The van der Waals surface area contributed by atoms with E-state index in [2.05, 4.69) is 354 Å². The van der Waals surface area contributed by atoms with Crippen molar-refractivity contribution < 1.29 is 18.4 Å². The van der Waals surface area contributed by atoms with Crippen molar-refractivity contribution in [3.8, 4) is 0 Å². The second-order valence-electron chi connectivity index (χ2n) is 2.92. The van der Waals surface area contributed by atoms with Crippen LogP contribution in [0.25, 0.3) is 0 Å². The number of rotatable bonds is 18. The van der Waals surface area contributed by atoms with Gasteiger partial charge in [0.15, 0.2) is 0 Å². The molecule has 0 aliphatic carbocycles. The van der Waals surface area contributed by atoms with Crippen molar-refractivity contribution in [1.29, 1.82) is 0.594 Å². The van der Waals surface area contributed by atoms with Crippen LogP contribution < -0.4 is 18.4 Å². The van der Waals surface area contributed by atoms with Crippen molar-refractivity contribution in [3.63, 3.8) is 0 Å². The van der Waals surface area contributed by atoms with Crippen LogP contribution in [0.15, 0.2) is 0 Å². The first-order valence-electron chi connectivity index (χ1n) is 5.66. The van der Waals surface area contributed by atoms with Crippen LogP contribution in [-0.2, 0) is 0 Å². The van der Waals surface area contributed by atoms with Gasteiger partial charge in [-0.25, -0.2) is 0 Å². The summed E-state index contributed by atoms with van der Waals surface area (Å²) in [6.07, 6.45) is 0. The van der Waals surface area contributed by atoms with E-state index in [9.17, 15) is 0 Å². The molecule has 0 saturated carbocycles. The molecule has 0 amide bonds. The molecule has 0 N–H and O–H groups in total. The quantitative estimate of drug-likeness (QED) is 0.120. The fraction of sp³-hybridized carbons (Fsp3) is 0. The molecule has 0 atom stereocenters. The SMILES string of the molecule is [2H][I-]I(I)I(I)I(I)I(I)I(I)I(I)I(I)I(I)I(I)I(I)I(I)I(I)I(I)I(I)I(I)I(I)I(I)I(I)I. The molecule has 0 aromatic rings. The Hall–Kier alpha value is 27.7. The molecule has 0 saturated heterocycles. The van der Waals surface area contributed by atoms with E-state index in [0.29, 0.717) is 0 Å². The van der Waals surface area contributed by atoms with Gasteiger partial charge >= 0.3 is 515 Å². The first-order valence-corrected chi connectivity index (χ1v) is 238. The van der Waals surface area contributed by atoms with E-state index in [1.165, 1.54) is 0 Å². The summed E-state index contributed by atoms with van der Waals surface area (Å²) >= 11 is 60.7. The van der Waals surface area contributed by atoms with Gasteiger partial charge in [-0.1, -0.05) is 0 Å². The molecule has 38 heavy (non-hydrogen) atoms.